The number of halogens is 2. The van der Waals surface area contributed by atoms with E-state index in [1.807, 2.05) is 6.07 Å². The van der Waals surface area contributed by atoms with Crippen molar-refractivity contribution in [3.05, 3.63) is 68.9 Å². The highest BCUT2D eigenvalue weighted by molar-refractivity contribution is 9.10. The Kier molecular flexibility index (Phi) is 4.95. The van der Waals surface area contributed by atoms with Crippen LogP contribution >= 0.6 is 15.9 Å². The van der Waals surface area contributed by atoms with Crippen molar-refractivity contribution in [3.8, 4) is 0 Å². The first-order valence-electron chi connectivity index (χ1n) is 6.77. The second-order valence-corrected chi connectivity index (χ2v) is 5.95. The monoisotopic (exact) mass is 335 g/mol. The number of rotatable bonds is 4. The molecule has 20 heavy (non-hydrogen) atoms. The Labute approximate surface area is 128 Å². The summed E-state index contributed by atoms with van der Waals surface area (Å²) < 4.78 is 14.4. The van der Waals surface area contributed by atoms with E-state index in [-0.39, 0.29) is 11.9 Å². The highest BCUT2D eigenvalue weighted by atomic mass is 79.9. The molecular formula is C17H19BrFN. The van der Waals surface area contributed by atoms with Gasteiger partial charge in [-0.1, -0.05) is 41.1 Å². The fourth-order valence-corrected chi connectivity index (χ4v) is 2.80. The Morgan fingerprint density at radius 2 is 1.80 bits per heavy atom. The van der Waals surface area contributed by atoms with Gasteiger partial charge in [-0.05, 0) is 60.8 Å². The van der Waals surface area contributed by atoms with Gasteiger partial charge in [-0.2, -0.15) is 0 Å². The first kappa shape index (κ1) is 15.2. The average molecular weight is 336 g/mol. The standard InChI is InChI=1S/C17H19BrFN/c1-4-20-17(13-6-5-11(2)12(3)7-13)14-8-15(18)10-16(19)9-14/h5-10,17,20H,4H2,1-3H3. The van der Waals surface area contributed by atoms with E-state index < -0.39 is 0 Å². The van der Waals surface area contributed by atoms with Crippen LogP contribution < -0.4 is 5.32 Å². The van der Waals surface area contributed by atoms with Crippen molar-refractivity contribution >= 4 is 15.9 Å². The molecule has 106 valence electrons. The molecule has 0 spiro atoms. The Morgan fingerprint density at radius 1 is 1.05 bits per heavy atom. The van der Waals surface area contributed by atoms with Crippen molar-refractivity contribution in [2.75, 3.05) is 6.54 Å². The first-order valence-corrected chi connectivity index (χ1v) is 7.57. The van der Waals surface area contributed by atoms with E-state index in [1.54, 1.807) is 6.07 Å². The van der Waals surface area contributed by atoms with Gasteiger partial charge in [0, 0.05) is 4.47 Å². The summed E-state index contributed by atoms with van der Waals surface area (Å²) in [7, 11) is 0. The lowest BCUT2D eigenvalue weighted by Crippen LogP contribution is -2.22. The van der Waals surface area contributed by atoms with Crippen LogP contribution in [-0.2, 0) is 0 Å². The zero-order valence-corrected chi connectivity index (χ0v) is 13.6. The Morgan fingerprint density at radius 3 is 2.40 bits per heavy atom. The van der Waals surface area contributed by atoms with Crippen LogP contribution in [0, 0.1) is 19.7 Å². The maximum atomic E-state index is 13.6. The summed E-state index contributed by atoms with van der Waals surface area (Å²) in [5.74, 6) is -0.221. The summed E-state index contributed by atoms with van der Waals surface area (Å²) in [4.78, 5) is 0. The number of aryl methyl sites for hydroxylation is 2. The Bertz CT molecular complexity index is 590. The van der Waals surface area contributed by atoms with Crippen molar-refractivity contribution in [2.24, 2.45) is 0 Å². The smallest absolute Gasteiger partial charge is 0.124 e. The summed E-state index contributed by atoms with van der Waals surface area (Å²) in [6, 6.07) is 11.4. The van der Waals surface area contributed by atoms with E-state index >= 15 is 0 Å². The number of hydrogen-bond donors (Lipinski definition) is 1. The molecule has 1 N–H and O–H groups in total. The second kappa shape index (κ2) is 6.51. The lowest BCUT2D eigenvalue weighted by molar-refractivity contribution is 0.602. The minimum Gasteiger partial charge on any atom is -0.307 e. The normalized spacial score (nSPS) is 12.4. The molecule has 0 saturated carbocycles. The minimum atomic E-state index is -0.221. The topological polar surface area (TPSA) is 12.0 Å². The predicted molar refractivity (Wildman–Crippen MR) is 85.5 cm³/mol. The maximum absolute atomic E-state index is 13.6. The van der Waals surface area contributed by atoms with Gasteiger partial charge in [-0.15, -0.1) is 0 Å². The molecule has 0 aromatic heterocycles. The lowest BCUT2D eigenvalue weighted by atomic mass is 9.95. The predicted octanol–water partition coefficient (Wildman–Crippen LogP) is 4.90. The lowest BCUT2D eigenvalue weighted by Gasteiger charge is -2.20. The summed E-state index contributed by atoms with van der Waals surface area (Å²) >= 11 is 3.36. The quantitative estimate of drug-likeness (QED) is 0.837. The molecule has 0 fully saturated rings. The molecule has 1 atom stereocenters. The van der Waals surface area contributed by atoms with Gasteiger partial charge < -0.3 is 5.32 Å². The summed E-state index contributed by atoms with van der Waals surface area (Å²) in [6.07, 6.45) is 0. The third-order valence-corrected chi connectivity index (χ3v) is 3.95. The van der Waals surface area contributed by atoms with E-state index in [0.717, 1.165) is 22.1 Å². The van der Waals surface area contributed by atoms with Crippen LogP contribution in [0.25, 0.3) is 0 Å². The van der Waals surface area contributed by atoms with Gasteiger partial charge in [0.2, 0.25) is 0 Å². The molecule has 2 aromatic carbocycles. The van der Waals surface area contributed by atoms with Crippen molar-refractivity contribution < 1.29 is 4.39 Å². The van der Waals surface area contributed by atoms with Crippen LogP contribution in [0.4, 0.5) is 4.39 Å². The Hall–Kier alpha value is -1.19. The molecule has 0 aliphatic carbocycles. The third-order valence-electron chi connectivity index (χ3n) is 3.49. The summed E-state index contributed by atoms with van der Waals surface area (Å²) in [6.45, 7) is 7.08. The number of nitrogens with one attached hydrogen (secondary N) is 1. The number of benzene rings is 2. The second-order valence-electron chi connectivity index (χ2n) is 5.04. The van der Waals surface area contributed by atoms with Crippen LogP contribution in [0.15, 0.2) is 40.9 Å². The van der Waals surface area contributed by atoms with Gasteiger partial charge in [-0.25, -0.2) is 4.39 Å². The molecule has 3 heteroatoms. The van der Waals surface area contributed by atoms with Crippen LogP contribution in [0.3, 0.4) is 0 Å². The highest BCUT2D eigenvalue weighted by Gasteiger charge is 2.15. The van der Waals surface area contributed by atoms with Gasteiger partial charge in [0.15, 0.2) is 0 Å². The highest BCUT2D eigenvalue weighted by Crippen LogP contribution is 2.27. The van der Waals surface area contributed by atoms with E-state index in [9.17, 15) is 4.39 Å². The van der Waals surface area contributed by atoms with Gasteiger partial charge in [-0.3, -0.25) is 0 Å². The largest absolute Gasteiger partial charge is 0.307 e. The molecule has 0 heterocycles. The van der Waals surface area contributed by atoms with Gasteiger partial charge in [0.1, 0.15) is 5.82 Å². The van der Waals surface area contributed by atoms with Crippen molar-refractivity contribution in [1.82, 2.24) is 5.32 Å². The molecule has 2 aromatic rings. The molecule has 0 aliphatic heterocycles. The fourth-order valence-electron chi connectivity index (χ4n) is 2.32. The zero-order valence-electron chi connectivity index (χ0n) is 12.0. The molecule has 2 rings (SSSR count). The molecule has 0 radical (unpaired) electrons. The first-order chi connectivity index (χ1) is 9.51. The van der Waals surface area contributed by atoms with E-state index in [4.69, 9.17) is 0 Å². The van der Waals surface area contributed by atoms with Crippen LogP contribution in [0.2, 0.25) is 0 Å². The summed E-state index contributed by atoms with van der Waals surface area (Å²) in [5, 5.41) is 3.43. The zero-order chi connectivity index (χ0) is 14.7. The number of hydrogen-bond acceptors (Lipinski definition) is 1. The summed E-state index contributed by atoms with van der Waals surface area (Å²) in [5.41, 5.74) is 4.61. The van der Waals surface area contributed by atoms with Gasteiger partial charge >= 0.3 is 0 Å². The molecule has 0 bridgehead atoms. The maximum Gasteiger partial charge on any atom is 0.124 e. The minimum absolute atomic E-state index is 0.00583. The van der Waals surface area contributed by atoms with Crippen molar-refractivity contribution in [3.63, 3.8) is 0 Å². The van der Waals surface area contributed by atoms with E-state index in [2.05, 4.69) is 60.2 Å². The SMILES string of the molecule is CCNC(c1cc(F)cc(Br)c1)c1ccc(C)c(C)c1. The Balaban J connectivity index is 2.46. The molecule has 0 amide bonds. The fraction of sp³-hybridized carbons (Fsp3) is 0.294. The third kappa shape index (κ3) is 3.47. The molecule has 1 unspecified atom stereocenters. The molecule has 1 nitrogen and oxygen atoms in total. The van der Waals surface area contributed by atoms with Crippen molar-refractivity contribution in [1.29, 1.82) is 0 Å². The molecule has 0 saturated heterocycles. The van der Waals surface area contributed by atoms with Crippen LogP contribution in [0.5, 0.6) is 0 Å². The van der Waals surface area contributed by atoms with E-state index in [1.165, 1.54) is 17.2 Å². The van der Waals surface area contributed by atoms with Crippen LogP contribution in [-0.4, -0.2) is 6.54 Å². The molecule has 0 aliphatic rings. The van der Waals surface area contributed by atoms with Crippen LogP contribution in [0.1, 0.15) is 35.2 Å². The van der Waals surface area contributed by atoms with Crippen molar-refractivity contribution in [2.45, 2.75) is 26.8 Å². The van der Waals surface area contributed by atoms with Gasteiger partial charge in [0.05, 0.1) is 6.04 Å². The molecular weight excluding hydrogens is 317 g/mol. The van der Waals surface area contributed by atoms with E-state index in [0.29, 0.717) is 0 Å². The van der Waals surface area contributed by atoms with Gasteiger partial charge in [0.25, 0.3) is 0 Å². The average Bonchev–Trinajstić information content (AvgIpc) is 2.38.